The van der Waals surface area contributed by atoms with Gasteiger partial charge in [0.1, 0.15) is 0 Å². The van der Waals surface area contributed by atoms with Crippen LogP contribution in [0.3, 0.4) is 0 Å². The van der Waals surface area contributed by atoms with Crippen LogP contribution in [0, 0.1) is 12.3 Å². The molecular weight excluding hydrogens is 525 g/mol. The van der Waals surface area contributed by atoms with Crippen LogP contribution in [0.2, 0.25) is 0 Å². The number of nitrogens with one attached hydrogen (secondary N) is 2. The van der Waals surface area contributed by atoms with Crippen molar-refractivity contribution in [2.75, 3.05) is 31.8 Å². The molecule has 5 heteroatoms. The monoisotopic (exact) mass is 577 g/mol. The van der Waals surface area contributed by atoms with Gasteiger partial charge in [-0.3, -0.25) is 9.38 Å². The number of hydrogen-bond acceptors (Lipinski definition) is 4. The first-order chi connectivity index (χ1) is 19.7. The third-order valence-corrected chi connectivity index (χ3v) is 8.66. The van der Waals surface area contributed by atoms with Gasteiger partial charge in [0.15, 0.2) is 0 Å². The third-order valence-electron chi connectivity index (χ3n) is 7.97. The first kappa shape index (κ1) is 34.4. The molecule has 0 spiro atoms. The van der Waals surface area contributed by atoms with Gasteiger partial charge in [-0.15, -0.1) is 0 Å². The average Bonchev–Trinajstić information content (AvgIpc) is 3.19. The van der Waals surface area contributed by atoms with Crippen molar-refractivity contribution < 1.29 is 4.39 Å². The van der Waals surface area contributed by atoms with E-state index in [0.717, 1.165) is 62.2 Å². The molecule has 1 aliphatic rings. The highest BCUT2D eigenvalue weighted by molar-refractivity contribution is 7.98. The number of aliphatic imine (C=N–C) groups is 1. The summed E-state index contributed by atoms with van der Waals surface area (Å²) in [5.41, 5.74) is 10.2. The molecule has 0 aromatic heterocycles. The molecule has 1 aliphatic carbocycles. The van der Waals surface area contributed by atoms with Crippen molar-refractivity contribution in [2.24, 2.45) is 10.4 Å². The van der Waals surface area contributed by atoms with Gasteiger partial charge in [-0.1, -0.05) is 58.2 Å². The zero-order chi connectivity index (χ0) is 30.3. The Kier molecular flexibility index (Phi) is 15.0. The second kappa shape index (κ2) is 17.9. The van der Waals surface area contributed by atoms with E-state index in [2.05, 4.69) is 80.3 Å². The molecule has 41 heavy (non-hydrogen) atoms. The van der Waals surface area contributed by atoms with Crippen LogP contribution >= 0.6 is 11.8 Å². The van der Waals surface area contributed by atoms with E-state index in [0.29, 0.717) is 0 Å². The Bertz CT molecular complexity index is 1180. The molecule has 2 N–H and O–H groups in total. The van der Waals surface area contributed by atoms with E-state index in [4.69, 9.17) is 4.99 Å². The average molecular weight is 578 g/mol. The lowest BCUT2D eigenvalue weighted by molar-refractivity contribution is 0.276. The van der Waals surface area contributed by atoms with E-state index in [-0.39, 0.29) is 0 Å². The van der Waals surface area contributed by atoms with Crippen LogP contribution in [0.4, 0.5) is 4.39 Å². The van der Waals surface area contributed by atoms with Crippen molar-refractivity contribution in [3.8, 4) is 0 Å². The molecule has 2 rings (SSSR count). The van der Waals surface area contributed by atoms with Crippen molar-refractivity contribution >= 4 is 17.5 Å². The first-order valence-corrected chi connectivity index (χ1v) is 16.4. The van der Waals surface area contributed by atoms with Gasteiger partial charge in [0.05, 0.1) is 12.4 Å². The van der Waals surface area contributed by atoms with Crippen LogP contribution < -0.4 is 10.6 Å². The number of thioether (sulfide) groups is 1. The summed E-state index contributed by atoms with van der Waals surface area (Å²) in [6.45, 7) is 19.6. The van der Waals surface area contributed by atoms with Crippen molar-refractivity contribution in [2.45, 2.75) is 73.1 Å². The molecular formula is C36H52FN3S. The molecule has 0 saturated carbocycles. The van der Waals surface area contributed by atoms with Gasteiger partial charge in [0.2, 0.25) is 0 Å². The number of aryl methyl sites for hydroxylation is 3. The molecule has 1 atom stereocenters. The minimum Gasteiger partial charge on any atom is -0.387 e. The number of hydrogen-bond donors (Lipinski definition) is 2. The summed E-state index contributed by atoms with van der Waals surface area (Å²) in [5, 5.41) is 6.97. The highest BCUT2D eigenvalue weighted by atomic mass is 32.2. The molecule has 224 valence electrons. The SMILES string of the molecule is C=CN=C(CC1=CCC(NCCN/C(C)=C/C(=C)C(C)(CC)CF)=CC=C1)c1cc(CC)c(CCCSC)cc1C. The van der Waals surface area contributed by atoms with Gasteiger partial charge in [-0.2, -0.15) is 11.8 Å². The molecule has 1 unspecified atom stereocenters. The van der Waals surface area contributed by atoms with Crippen LogP contribution in [-0.2, 0) is 12.8 Å². The minimum absolute atomic E-state index is 0.393. The normalized spacial score (nSPS) is 15.5. The van der Waals surface area contributed by atoms with Gasteiger partial charge >= 0.3 is 0 Å². The van der Waals surface area contributed by atoms with Gasteiger partial charge < -0.3 is 10.6 Å². The quantitative estimate of drug-likeness (QED) is 0.104. The maximum Gasteiger partial charge on any atom is 0.0987 e. The van der Waals surface area contributed by atoms with Crippen LogP contribution in [-0.4, -0.2) is 37.5 Å². The molecule has 0 fully saturated rings. The van der Waals surface area contributed by atoms with Crippen molar-refractivity contribution in [3.05, 3.63) is 107 Å². The molecule has 0 radical (unpaired) electrons. The zero-order valence-electron chi connectivity index (χ0n) is 26.3. The van der Waals surface area contributed by atoms with Gasteiger partial charge in [-0.05, 0) is 103 Å². The molecule has 0 heterocycles. The van der Waals surface area contributed by atoms with Gasteiger partial charge in [0, 0.05) is 48.9 Å². The molecule has 0 amide bonds. The lowest BCUT2D eigenvalue weighted by Gasteiger charge is -2.26. The fourth-order valence-corrected chi connectivity index (χ4v) is 5.34. The summed E-state index contributed by atoms with van der Waals surface area (Å²) in [6.07, 6.45) is 20.3. The number of allylic oxidation sites excluding steroid dienone is 8. The Labute approximate surface area is 254 Å². The standard InChI is InChI=1S/C36H52FN3S/c1-9-31-25-34(27(4)22-32(31)15-13-21-41-8)35(38-11-3)24-30-14-12-16-33(18-17-30)40-20-19-39-29(6)23-28(5)36(7,10-2)26-37/h11-12,14,16-17,22-23,25,39-40H,3,5,9-10,13,15,18-21,24,26H2,1-2,4,6-8H3/b29-23+,38-35?. The largest absolute Gasteiger partial charge is 0.387 e. The van der Waals surface area contributed by atoms with E-state index < -0.39 is 12.1 Å². The summed E-state index contributed by atoms with van der Waals surface area (Å²) < 4.78 is 13.5. The summed E-state index contributed by atoms with van der Waals surface area (Å²) >= 11 is 1.91. The molecule has 3 nitrogen and oxygen atoms in total. The van der Waals surface area contributed by atoms with Crippen molar-refractivity contribution in [1.29, 1.82) is 0 Å². The number of halogens is 1. The molecule has 1 aromatic carbocycles. The Morgan fingerprint density at radius 1 is 1.22 bits per heavy atom. The molecule has 0 bridgehead atoms. The second-order valence-corrected chi connectivity index (χ2v) is 12.1. The Balaban J connectivity index is 1.99. The number of benzene rings is 1. The lowest BCUT2D eigenvalue weighted by atomic mass is 9.81. The van der Waals surface area contributed by atoms with E-state index in [1.54, 1.807) is 6.20 Å². The van der Waals surface area contributed by atoms with Crippen molar-refractivity contribution in [3.63, 3.8) is 0 Å². The zero-order valence-corrected chi connectivity index (χ0v) is 27.2. The van der Waals surface area contributed by atoms with Gasteiger partial charge in [-0.25, -0.2) is 0 Å². The summed E-state index contributed by atoms with van der Waals surface area (Å²) in [4.78, 5) is 4.73. The number of nitrogens with zero attached hydrogens (tertiary/aromatic N) is 1. The Morgan fingerprint density at radius 3 is 2.66 bits per heavy atom. The van der Waals surface area contributed by atoms with Crippen LogP contribution in [0.5, 0.6) is 0 Å². The second-order valence-electron chi connectivity index (χ2n) is 11.1. The molecule has 0 aliphatic heterocycles. The van der Waals surface area contributed by atoms with E-state index in [9.17, 15) is 4.39 Å². The first-order valence-electron chi connectivity index (χ1n) is 15.0. The van der Waals surface area contributed by atoms with Crippen LogP contribution in [0.25, 0.3) is 0 Å². The third kappa shape index (κ3) is 10.8. The fraction of sp³-hybridized carbons (Fsp3) is 0.472. The lowest BCUT2D eigenvalue weighted by Crippen LogP contribution is -2.26. The number of alkyl halides is 1. The summed E-state index contributed by atoms with van der Waals surface area (Å²) in [5.74, 6) is 1.20. The maximum atomic E-state index is 13.5. The topological polar surface area (TPSA) is 36.4 Å². The van der Waals surface area contributed by atoms with Crippen LogP contribution in [0.15, 0.2) is 89.4 Å². The highest BCUT2D eigenvalue weighted by Crippen LogP contribution is 2.31. The summed E-state index contributed by atoms with van der Waals surface area (Å²) in [7, 11) is 0. The summed E-state index contributed by atoms with van der Waals surface area (Å²) in [6, 6.07) is 4.73. The Morgan fingerprint density at radius 2 is 2.00 bits per heavy atom. The van der Waals surface area contributed by atoms with Gasteiger partial charge in [0.25, 0.3) is 0 Å². The Hall–Kier alpha value is -2.79. The minimum atomic E-state index is -0.493. The highest BCUT2D eigenvalue weighted by Gasteiger charge is 2.24. The number of rotatable bonds is 18. The van der Waals surface area contributed by atoms with E-state index in [1.807, 2.05) is 38.6 Å². The molecule has 0 saturated heterocycles. The maximum absolute atomic E-state index is 13.5. The fourth-order valence-electron chi connectivity index (χ4n) is 4.91. The van der Waals surface area contributed by atoms with E-state index >= 15 is 0 Å². The predicted molar refractivity (Wildman–Crippen MR) is 182 cm³/mol. The predicted octanol–water partition coefficient (Wildman–Crippen LogP) is 8.97. The van der Waals surface area contributed by atoms with Crippen molar-refractivity contribution in [1.82, 2.24) is 10.6 Å². The van der Waals surface area contributed by atoms with Crippen LogP contribution in [0.1, 0.15) is 75.6 Å². The molecule has 1 aromatic rings. The smallest absolute Gasteiger partial charge is 0.0987 e. The van der Waals surface area contributed by atoms with E-state index in [1.165, 1.54) is 45.7 Å².